The molecule has 0 radical (unpaired) electrons. The fourth-order valence-electron chi connectivity index (χ4n) is 1.53. The van der Waals surface area contributed by atoms with Crippen LogP contribution in [0.5, 0.6) is 0 Å². The molecule has 1 heteroatoms. The molecule has 0 aliphatic rings. The highest BCUT2D eigenvalue weighted by atomic mass is 14.9. The average Bonchev–Trinajstić information content (AvgIpc) is 2.33. The topological polar surface area (TPSA) is 12.0 Å². The fourth-order valence-corrected chi connectivity index (χ4v) is 1.53. The van der Waals surface area contributed by atoms with Gasteiger partial charge in [-0.2, -0.15) is 0 Å². The lowest BCUT2D eigenvalue weighted by Crippen LogP contribution is -2.22. The third-order valence-electron chi connectivity index (χ3n) is 2.60. The Bertz CT molecular complexity index is 382. The van der Waals surface area contributed by atoms with Gasteiger partial charge in [0.15, 0.2) is 0 Å². The Morgan fingerprint density at radius 1 is 1.24 bits per heavy atom. The van der Waals surface area contributed by atoms with Gasteiger partial charge in [-0.15, -0.1) is 0 Å². The average molecular weight is 229 g/mol. The molecule has 0 fully saturated rings. The summed E-state index contributed by atoms with van der Waals surface area (Å²) in [4.78, 5) is 0. The molecule has 92 valence electrons. The second kappa shape index (κ2) is 7.92. The third kappa shape index (κ3) is 5.56. The molecule has 0 aliphatic heterocycles. The van der Waals surface area contributed by atoms with Gasteiger partial charge in [0.2, 0.25) is 0 Å². The fraction of sp³-hybridized carbons (Fsp3) is 0.500. The van der Waals surface area contributed by atoms with Crippen molar-refractivity contribution in [2.45, 2.75) is 52.6 Å². The minimum Gasteiger partial charge on any atom is -0.310 e. The van der Waals surface area contributed by atoms with Crippen molar-refractivity contribution < 1.29 is 0 Å². The Hall–Kier alpha value is -1.26. The number of hydrogen-bond donors (Lipinski definition) is 1. The molecule has 1 aromatic carbocycles. The molecule has 0 unspecified atom stereocenters. The van der Waals surface area contributed by atoms with Crippen molar-refractivity contribution in [2.75, 3.05) is 0 Å². The van der Waals surface area contributed by atoms with E-state index in [1.807, 2.05) is 0 Å². The first kappa shape index (κ1) is 13.8. The van der Waals surface area contributed by atoms with Crippen LogP contribution < -0.4 is 5.32 Å². The maximum absolute atomic E-state index is 3.44. The van der Waals surface area contributed by atoms with Crippen LogP contribution in [0, 0.1) is 11.8 Å². The Kier molecular flexibility index (Phi) is 6.43. The van der Waals surface area contributed by atoms with Crippen molar-refractivity contribution in [3.8, 4) is 11.8 Å². The van der Waals surface area contributed by atoms with Gasteiger partial charge in [0.1, 0.15) is 0 Å². The molecule has 0 saturated heterocycles. The van der Waals surface area contributed by atoms with Crippen molar-refractivity contribution in [3.63, 3.8) is 0 Å². The highest BCUT2D eigenvalue weighted by Gasteiger charge is 1.99. The van der Waals surface area contributed by atoms with E-state index in [1.54, 1.807) is 0 Å². The Morgan fingerprint density at radius 2 is 2.00 bits per heavy atom. The molecule has 0 amide bonds. The van der Waals surface area contributed by atoms with Gasteiger partial charge in [-0.3, -0.25) is 0 Å². The molecule has 0 bridgehead atoms. The molecule has 0 aromatic heterocycles. The summed E-state index contributed by atoms with van der Waals surface area (Å²) in [7, 11) is 0. The smallest absolute Gasteiger partial charge is 0.0290 e. The lowest BCUT2D eigenvalue weighted by Gasteiger charge is -2.09. The van der Waals surface area contributed by atoms with Crippen LogP contribution in [0.3, 0.4) is 0 Å². The van der Waals surface area contributed by atoms with Crippen LogP contribution in [-0.2, 0) is 6.54 Å². The first-order chi connectivity index (χ1) is 8.24. The minimum atomic E-state index is 0.510. The van der Waals surface area contributed by atoms with Crippen molar-refractivity contribution in [1.82, 2.24) is 5.32 Å². The maximum atomic E-state index is 3.44. The molecular weight excluding hydrogens is 206 g/mol. The zero-order valence-corrected chi connectivity index (χ0v) is 11.2. The van der Waals surface area contributed by atoms with Crippen LogP contribution in [0.2, 0.25) is 0 Å². The molecular formula is C16H23N. The van der Waals surface area contributed by atoms with Gasteiger partial charge >= 0.3 is 0 Å². The van der Waals surface area contributed by atoms with Crippen LogP contribution >= 0.6 is 0 Å². The second-order valence-corrected chi connectivity index (χ2v) is 4.60. The predicted octanol–water partition coefficient (Wildman–Crippen LogP) is 3.73. The number of rotatable bonds is 5. The van der Waals surface area contributed by atoms with Gasteiger partial charge < -0.3 is 5.32 Å². The van der Waals surface area contributed by atoms with E-state index in [9.17, 15) is 0 Å². The Morgan fingerprint density at radius 3 is 2.71 bits per heavy atom. The first-order valence-electron chi connectivity index (χ1n) is 6.54. The normalized spacial score (nSPS) is 10.1. The van der Waals surface area contributed by atoms with Crippen molar-refractivity contribution in [1.29, 1.82) is 0 Å². The Labute approximate surface area is 106 Å². The van der Waals surface area contributed by atoms with Gasteiger partial charge in [-0.25, -0.2) is 0 Å². The molecule has 1 aromatic rings. The summed E-state index contributed by atoms with van der Waals surface area (Å²) >= 11 is 0. The number of benzene rings is 1. The van der Waals surface area contributed by atoms with E-state index >= 15 is 0 Å². The van der Waals surface area contributed by atoms with Gasteiger partial charge in [-0.05, 0) is 18.1 Å². The quantitative estimate of drug-likeness (QED) is 0.599. The van der Waals surface area contributed by atoms with Crippen molar-refractivity contribution in [2.24, 2.45) is 0 Å². The van der Waals surface area contributed by atoms with E-state index in [2.05, 4.69) is 62.2 Å². The first-order valence-corrected chi connectivity index (χ1v) is 6.54. The summed E-state index contributed by atoms with van der Waals surface area (Å²) in [5.41, 5.74) is 2.46. The molecule has 1 rings (SSSR count). The van der Waals surface area contributed by atoms with Gasteiger partial charge in [-0.1, -0.05) is 57.2 Å². The van der Waals surface area contributed by atoms with E-state index in [0.717, 1.165) is 18.5 Å². The van der Waals surface area contributed by atoms with Crippen LogP contribution in [0.1, 0.15) is 51.2 Å². The van der Waals surface area contributed by atoms with Crippen LogP contribution in [0.4, 0.5) is 0 Å². The number of nitrogens with one attached hydrogen (secondary N) is 1. The zero-order chi connectivity index (χ0) is 12.5. The monoisotopic (exact) mass is 229 g/mol. The number of hydrogen-bond acceptors (Lipinski definition) is 1. The largest absolute Gasteiger partial charge is 0.310 e. The van der Waals surface area contributed by atoms with Crippen LogP contribution in [0.25, 0.3) is 0 Å². The molecule has 17 heavy (non-hydrogen) atoms. The van der Waals surface area contributed by atoms with Gasteiger partial charge in [0.05, 0.1) is 0 Å². The summed E-state index contributed by atoms with van der Waals surface area (Å²) in [6.45, 7) is 7.42. The minimum absolute atomic E-state index is 0.510. The van der Waals surface area contributed by atoms with E-state index in [1.165, 1.54) is 18.4 Å². The molecule has 0 aliphatic carbocycles. The second-order valence-electron chi connectivity index (χ2n) is 4.60. The molecule has 0 saturated carbocycles. The number of unbranched alkanes of at least 4 members (excludes halogenated alkanes) is 2. The molecule has 0 atom stereocenters. The lowest BCUT2D eigenvalue weighted by molar-refractivity contribution is 0.588. The highest BCUT2D eigenvalue weighted by molar-refractivity contribution is 5.41. The van der Waals surface area contributed by atoms with E-state index in [-0.39, 0.29) is 0 Å². The standard InChI is InChI=1S/C16H23N/c1-4-5-6-7-10-15-11-8-9-12-16(15)13-17-14(2)3/h8-9,11-12,14,17H,4-6,13H2,1-3H3. The van der Waals surface area contributed by atoms with E-state index in [4.69, 9.17) is 0 Å². The third-order valence-corrected chi connectivity index (χ3v) is 2.60. The molecule has 0 spiro atoms. The van der Waals surface area contributed by atoms with Gasteiger partial charge in [0.25, 0.3) is 0 Å². The highest BCUT2D eigenvalue weighted by Crippen LogP contribution is 2.07. The summed E-state index contributed by atoms with van der Waals surface area (Å²) in [6, 6.07) is 8.91. The SMILES string of the molecule is CCCCC#Cc1ccccc1CNC(C)C. The predicted molar refractivity (Wildman–Crippen MR) is 74.8 cm³/mol. The van der Waals surface area contributed by atoms with Gasteiger partial charge in [0, 0.05) is 24.6 Å². The van der Waals surface area contributed by atoms with E-state index < -0.39 is 0 Å². The molecule has 1 N–H and O–H groups in total. The maximum Gasteiger partial charge on any atom is 0.0290 e. The summed E-state index contributed by atoms with van der Waals surface area (Å²) in [5.74, 6) is 6.53. The zero-order valence-electron chi connectivity index (χ0n) is 11.2. The van der Waals surface area contributed by atoms with Crippen LogP contribution in [-0.4, -0.2) is 6.04 Å². The van der Waals surface area contributed by atoms with E-state index in [0.29, 0.717) is 6.04 Å². The van der Waals surface area contributed by atoms with Crippen LogP contribution in [0.15, 0.2) is 24.3 Å². The van der Waals surface area contributed by atoms with Crippen molar-refractivity contribution in [3.05, 3.63) is 35.4 Å². The molecule has 0 heterocycles. The summed E-state index contributed by atoms with van der Waals surface area (Å²) in [5, 5.41) is 3.44. The summed E-state index contributed by atoms with van der Waals surface area (Å²) < 4.78 is 0. The summed E-state index contributed by atoms with van der Waals surface area (Å²) in [6.07, 6.45) is 3.41. The molecule has 1 nitrogen and oxygen atoms in total. The Balaban J connectivity index is 2.65. The lowest BCUT2D eigenvalue weighted by atomic mass is 10.1. The van der Waals surface area contributed by atoms with Crippen molar-refractivity contribution >= 4 is 0 Å².